The van der Waals surface area contributed by atoms with Crippen molar-refractivity contribution in [3.05, 3.63) is 42.2 Å². The van der Waals surface area contributed by atoms with Gasteiger partial charge in [0.05, 0.1) is 6.04 Å². The standard InChI is InChI=1S/C9H11FN2/c1-2-9(12)7-4-3-6(11)5-8(7)10/h2-5,9H,1,11-12H2/t9-/m1/s1. The third-order valence-electron chi connectivity index (χ3n) is 1.64. The maximum atomic E-state index is 13.1. The summed E-state index contributed by atoms with van der Waals surface area (Å²) in [7, 11) is 0. The quantitative estimate of drug-likeness (QED) is 0.518. The molecule has 0 heterocycles. The molecule has 0 saturated heterocycles. The molecule has 0 bridgehead atoms. The Morgan fingerprint density at radius 1 is 1.50 bits per heavy atom. The third-order valence-corrected chi connectivity index (χ3v) is 1.64. The Morgan fingerprint density at radius 2 is 2.17 bits per heavy atom. The summed E-state index contributed by atoms with van der Waals surface area (Å²) in [6, 6.07) is 3.96. The summed E-state index contributed by atoms with van der Waals surface area (Å²) in [6.45, 7) is 3.48. The molecular weight excluding hydrogens is 155 g/mol. The average molecular weight is 166 g/mol. The van der Waals surface area contributed by atoms with Crippen molar-refractivity contribution in [3.63, 3.8) is 0 Å². The average Bonchev–Trinajstić information content (AvgIpc) is 2.03. The molecule has 4 N–H and O–H groups in total. The second-order valence-corrected chi connectivity index (χ2v) is 2.54. The first-order valence-electron chi connectivity index (χ1n) is 3.58. The molecule has 0 spiro atoms. The van der Waals surface area contributed by atoms with Crippen molar-refractivity contribution in [1.82, 2.24) is 0 Å². The fraction of sp³-hybridized carbons (Fsp3) is 0.111. The zero-order chi connectivity index (χ0) is 9.14. The highest BCUT2D eigenvalue weighted by Crippen LogP contribution is 2.17. The lowest BCUT2D eigenvalue weighted by Crippen LogP contribution is -2.08. The van der Waals surface area contributed by atoms with Crippen LogP contribution >= 0.6 is 0 Å². The molecule has 1 aromatic rings. The summed E-state index contributed by atoms with van der Waals surface area (Å²) in [5.41, 5.74) is 11.7. The zero-order valence-corrected chi connectivity index (χ0v) is 6.63. The monoisotopic (exact) mass is 166 g/mol. The number of hydrogen-bond donors (Lipinski definition) is 2. The molecule has 64 valence electrons. The van der Waals surface area contributed by atoms with E-state index in [0.29, 0.717) is 11.3 Å². The molecule has 1 aromatic carbocycles. The number of anilines is 1. The van der Waals surface area contributed by atoms with Crippen LogP contribution in [0.3, 0.4) is 0 Å². The van der Waals surface area contributed by atoms with Crippen molar-refractivity contribution in [2.24, 2.45) is 5.73 Å². The minimum Gasteiger partial charge on any atom is -0.399 e. The van der Waals surface area contributed by atoms with Crippen molar-refractivity contribution < 1.29 is 4.39 Å². The number of hydrogen-bond acceptors (Lipinski definition) is 2. The van der Waals surface area contributed by atoms with Crippen LogP contribution in [0.25, 0.3) is 0 Å². The minimum absolute atomic E-state index is 0.387. The van der Waals surface area contributed by atoms with Crippen LogP contribution in [0.5, 0.6) is 0 Å². The smallest absolute Gasteiger partial charge is 0.130 e. The van der Waals surface area contributed by atoms with Crippen molar-refractivity contribution in [2.75, 3.05) is 5.73 Å². The van der Waals surface area contributed by atoms with E-state index in [-0.39, 0.29) is 5.82 Å². The van der Waals surface area contributed by atoms with Gasteiger partial charge in [0.25, 0.3) is 0 Å². The summed E-state index contributed by atoms with van der Waals surface area (Å²) < 4.78 is 13.1. The van der Waals surface area contributed by atoms with Gasteiger partial charge in [-0.1, -0.05) is 12.1 Å². The highest BCUT2D eigenvalue weighted by molar-refractivity contribution is 5.41. The van der Waals surface area contributed by atoms with E-state index in [0.717, 1.165) is 0 Å². The van der Waals surface area contributed by atoms with E-state index < -0.39 is 6.04 Å². The van der Waals surface area contributed by atoms with Crippen LogP contribution in [0.4, 0.5) is 10.1 Å². The van der Waals surface area contributed by atoms with E-state index in [4.69, 9.17) is 11.5 Å². The van der Waals surface area contributed by atoms with E-state index in [1.807, 2.05) is 0 Å². The molecule has 3 heteroatoms. The first-order valence-corrected chi connectivity index (χ1v) is 3.58. The Bertz CT molecular complexity index is 297. The number of nitrogen functional groups attached to an aromatic ring is 1. The largest absolute Gasteiger partial charge is 0.399 e. The minimum atomic E-state index is -0.467. The molecule has 0 radical (unpaired) electrons. The maximum Gasteiger partial charge on any atom is 0.130 e. The molecule has 0 amide bonds. The number of rotatable bonds is 2. The van der Waals surface area contributed by atoms with Gasteiger partial charge in [0.1, 0.15) is 5.82 Å². The predicted octanol–water partition coefficient (Wildman–Crippen LogP) is 1.59. The van der Waals surface area contributed by atoms with E-state index in [1.165, 1.54) is 12.1 Å². The molecule has 2 nitrogen and oxygen atoms in total. The van der Waals surface area contributed by atoms with E-state index in [2.05, 4.69) is 6.58 Å². The van der Waals surface area contributed by atoms with Gasteiger partial charge in [0.15, 0.2) is 0 Å². The zero-order valence-electron chi connectivity index (χ0n) is 6.63. The lowest BCUT2D eigenvalue weighted by Gasteiger charge is -2.07. The van der Waals surface area contributed by atoms with Crippen LogP contribution in [0.1, 0.15) is 11.6 Å². The van der Waals surface area contributed by atoms with E-state index >= 15 is 0 Å². The molecule has 0 fully saturated rings. The van der Waals surface area contributed by atoms with Crippen LogP contribution in [-0.4, -0.2) is 0 Å². The maximum absolute atomic E-state index is 13.1. The Balaban J connectivity index is 3.09. The number of halogens is 1. The fourth-order valence-electron chi connectivity index (χ4n) is 0.941. The van der Waals surface area contributed by atoms with Crippen molar-refractivity contribution in [1.29, 1.82) is 0 Å². The molecule has 0 saturated carbocycles. The number of benzene rings is 1. The van der Waals surface area contributed by atoms with Gasteiger partial charge in [-0.05, 0) is 12.1 Å². The Labute approximate surface area is 70.7 Å². The fourth-order valence-corrected chi connectivity index (χ4v) is 0.941. The molecule has 0 aliphatic heterocycles. The first kappa shape index (κ1) is 8.74. The van der Waals surface area contributed by atoms with Gasteiger partial charge in [-0.25, -0.2) is 4.39 Å². The summed E-state index contributed by atoms with van der Waals surface area (Å²) in [5, 5.41) is 0. The van der Waals surface area contributed by atoms with Crippen LogP contribution in [0.2, 0.25) is 0 Å². The van der Waals surface area contributed by atoms with E-state index in [9.17, 15) is 4.39 Å². The lowest BCUT2D eigenvalue weighted by molar-refractivity contribution is 0.603. The highest BCUT2D eigenvalue weighted by Gasteiger charge is 2.07. The third kappa shape index (κ3) is 1.62. The van der Waals surface area contributed by atoms with Crippen molar-refractivity contribution in [2.45, 2.75) is 6.04 Å². The lowest BCUT2D eigenvalue weighted by atomic mass is 10.1. The molecule has 0 unspecified atom stereocenters. The summed E-state index contributed by atoms with van der Waals surface area (Å²) in [4.78, 5) is 0. The molecule has 0 aliphatic rings. The topological polar surface area (TPSA) is 52.0 Å². The van der Waals surface area contributed by atoms with Crippen LogP contribution in [0, 0.1) is 5.82 Å². The van der Waals surface area contributed by atoms with Crippen molar-refractivity contribution in [3.8, 4) is 0 Å². The van der Waals surface area contributed by atoms with Gasteiger partial charge >= 0.3 is 0 Å². The van der Waals surface area contributed by atoms with Gasteiger partial charge in [0, 0.05) is 11.3 Å². The normalized spacial score (nSPS) is 12.5. The molecule has 1 rings (SSSR count). The van der Waals surface area contributed by atoms with Crippen molar-refractivity contribution >= 4 is 5.69 Å². The van der Waals surface area contributed by atoms with Gasteiger partial charge in [-0.2, -0.15) is 0 Å². The molecule has 1 atom stereocenters. The Hall–Kier alpha value is -1.35. The van der Waals surface area contributed by atoms with Gasteiger partial charge in [-0.3, -0.25) is 0 Å². The van der Waals surface area contributed by atoms with Gasteiger partial charge in [-0.15, -0.1) is 6.58 Å². The van der Waals surface area contributed by atoms with E-state index in [1.54, 1.807) is 12.1 Å². The first-order chi connectivity index (χ1) is 5.65. The van der Waals surface area contributed by atoms with Gasteiger partial charge < -0.3 is 11.5 Å². The molecule has 0 aliphatic carbocycles. The highest BCUT2D eigenvalue weighted by atomic mass is 19.1. The molecule has 12 heavy (non-hydrogen) atoms. The SMILES string of the molecule is C=C[C@@H](N)c1ccc(N)cc1F. The van der Waals surface area contributed by atoms with Gasteiger partial charge in [0.2, 0.25) is 0 Å². The summed E-state index contributed by atoms with van der Waals surface area (Å²) in [6.07, 6.45) is 1.48. The Kier molecular flexibility index (Phi) is 2.45. The second-order valence-electron chi connectivity index (χ2n) is 2.54. The summed E-state index contributed by atoms with van der Waals surface area (Å²) >= 11 is 0. The molecule has 0 aromatic heterocycles. The predicted molar refractivity (Wildman–Crippen MR) is 47.9 cm³/mol. The number of nitrogens with two attached hydrogens (primary N) is 2. The van der Waals surface area contributed by atoms with Crippen LogP contribution in [0.15, 0.2) is 30.9 Å². The van der Waals surface area contributed by atoms with Crippen LogP contribution < -0.4 is 11.5 Å². The summed E-state index contributed by atoms with van der Waals surface area (Å²) in [5.74, 6) is -0.387. The Morgan fingerprint density at radius 3 is 2.67 bits per heavy atom. The second kappa shape index (κ2) is 3.36. The molecular formula is C9H11FN2. The van der Waals surface area contributed by atoms with Crippen LogP contribution in [-0.2, 0) is 0 Å².